The number of ether oxygens (including phenoxy) is 1. The summed E-state index contributed by atoms with van der Waals surface area (Å²) in [5.74, 6) is -3.57. The molecule has 1 aromatic carbocycles. The number of carbonyl (C=O) groups excluding carboxylic acids is 1. The fourth-order valence-electron chi connectivity index (χ4n) is 2.03. The van der Waals surface area contributed by atoms with Gasteiger partial charge in [-0.25, -0.2) is 13.2 Å². The standard InChI is InChI=1S/C15H13F3N2O4S/c1-24-14(21)12(25(22,23)9-15(16,17)18)8-20-11-6-2-4-10-5-3-7-19-13(10)11/h2-8,20H,9H2,1H3/b12-8+. The summed E-state index contributed by atoms with van der Waals surface area (Å²) in [6.07, 6.45) is -2.82. The molecule has 0 atom stereocenters. The number of para-hydroxylation sites is 1. The monoisotopic (exact) mass is 374 g/mol. The molecule has 0 unspecified atom stereocenters. The van der Waals surface area contributed by atoms with E-state index in [1.165, 1.54) is 12.3 Å². The summed E-state index contributed by atoms with van der Waals surface area (Å²) >= 11 is 0. The SMILES string of the molecule is COC(=O)/C(=C\Nc1cccc2cccnc12)S(=O)(=O)CC(F)(F)F. The van der Waals surface area contributed by atoms with E-state index in [1.54, 1.807) is 24.3 Å². The van der Waals surface area contributed by atoms with Crippen molar-refractivity contribution in [3.05, 3.63) is 47.6 Å². The molecule has 0 aliphatic rings. The van der Waals surface area contributed by atoms with Crippen LogP contribution in [-0.2, 0) is 19.4 Å². The highest BCUT2D eigenvalue weighted by Gasteiger charge is 2.39. The Morgan fingerprint density at radius 3 is 2.60 bits per heavy atom. The van der Waals surface area contributed by atoms with Crippen LogP contribution in [0.2, 0.25) is 0 Å². The van der Waals surface area contributed by atoms with Gasteiger partial charge in [0.15, 0.2) is 20.5 Å². The van der Waals surface area contributed by atoms with E-state index in [2.05, 4.69) is 15.0 Å². The van der Waals surface area contributed by atoms with Crippen LogP contribution in [0.15, 0.2) is 47.6 Å². The highest BCUT2D eigenvalue weighted by Crippen LogP contribution is 2.24. The quantitative estimate of drug-likeness (QED) is 0.640. The van der Waals surface area contributed by atoms with Crippen molar-refractivity contribution in [3.8, 4) is 0 Å². The number of pyridine rings is 1. The molecule has 0 aliphatic heterocycles. The molecule has 2 rings (SSSR count). The van der Waals surface area contributed by atoms with Crippen LogP contribution in [-0.4, -0.2) is 38.4 Å². The molecule has 2 aromatic rings. The van der Waals surface area contributed by atoms with Gasteiger partial charge >= 0.3 is 12.1 Å². The maximum Gasteiger partial charge on any atom is 0.403 e. The van der Waals surface area contributed by atoms with Crippen molar-refractivity contribution >= 4 is 32.4 Å². The molecule has 0 radical (unpaired) electrons. The zero-order chi connectivity index (χ0) is 18.7. The first-order chi connectivity index (χ1) is 11.6. The van der Waals surface area contributed by atoms with Crippen molar-refractivity contribution in [2.75, 3.05) is 18.2 Å². The normalized spacial score (nSPS) is 12.9. The summed E-state index contributed by atoms with van der Waals surface area (Å²) in [5.41, 5.74) is 0.778. The number of nitrogens with one attached hydrogen (secondary N) is 1. The fourth-order valence-corrected chi connectivity index (χ4v) is 3.20. The average Bonchev–Trinajstić information content (AvgIpc) is 2.52. The maximum absolute atomic E-state index is 12.5. The Labute approximate surface area is 141 Å². The van der Waals surface area contributed by atoms with Gasteiger partial charge in [-0.3, -0.25) is 4.98 Å². The van der Waals surface area contributed by atoms with E-state index in [0.717, 1.165) is 12.5 Å². The number of alkyl halides is 3. The van der Waals surface area contributed by atoms with Gasteiger partial charge in [-0.15, -0.1) is 0 Å². The summed E-state index contributed by atoms with van der Waals surface area (Å²) in [6.45, 7) is 0. The predicted molar refractivity (Wildman–Crippen MR) is 85.3 cm³/mol. The minimum Gasteiger partial charge on any atom is -0.465 e. The molecule has 0 spiro atoms. The number of methoxy groups -OCH3 is 1. The zero-order valence-corrected chi connectivity index (χ0v) is 13.7. The van der Waals surface area contributed by atoms with Crippen LogP contribution in [0.4, 0.5) is 18.9 Å². The number of aromatic nitrogens is 1. The number of nitrogens with zero attached hydrogens (tertiary/aromatic N) is 1. The van der Waals surface area contributed by atoms with Crippen LogP contribution >= 0.6 is 0 Å². The number of benzene rings is 1. The lowest BCUT2D eigenvalue weighted by Gasteiger charge is -2.11. The molecule has 0 amide bonds. The number of anilines is 1. The van der Waals surface area contributed by atoms with Crippen LogP contribution in [0.3, 0.4) is 0 Å². The Hall–Kier alpha value is -2.62. The van der Waals surface area contributed by atoms with Gasteiger partial charge in [0.2, 0.25) is 0 Å². The van der Waals surface area contributed by atoms with Gasteiger partial charge in [0.25, 0.3) is 0 Å². The Bertz CT molecular complexity index is 919. The zero-order valence-electron chi connectivity index (χ0n) is 12.9. The molecule has 25 heavy (non-hydrogen) atoms. The average molecular weight is 374 g/mol. The van der Waals surface area contributed by atoms with Gasteiger partial charge in [0.05, 0.1) is 18.3 Å². The molecule has 1 aromatic heterocycles. The summed E-state index contributed by atoms with van der Waals surface area (Å²) < 4.78 is 65.4. The van der Waals surface area contributed by atoms with E-state index >= 15 is 0 Å². The Morgan fingerprint density at radius 2 is 1.96 bits per heavy atom. The molecule has 10 heteroatoms. The number of hydrogen-bond donors (Lipinski definition) is 1. The van der Waals surface area contributed by atoms with Gasteiger partial charge in [-0.2, -0.15) is 13.2 Å². The third-order valence-corrected chi connectivity index (χ3v) is 4.73. The number of esters is 1. The second kappa shape index (κ2) is 7.09. The largest absolute Gasteiger partial charge is 0.465 e. The molecule has 0 bridgehead atoms. The number of halogens is 3. The summed E-state index contributed by atoms with van der Waals surface area (Å²) in [7, 11) is -4.06. The topological polar surface area (TPSA) is 85.4 Å². The van der Waals surface area contributed by atoms with E-state index in [9.17, 15) is 26.4 Å². The van der Waals surface area contributed by atoms with Crippen molar-refractivity contribution in [1.29, 1.82) is 0 Å². The Morgan fingerprint density at radius 1 is 1.28 bits per heavy atom. The van der Waals surface area contributed by atoms with E-state index in [1.807, 2.05) is 0 Å². The molecule has 134 valence electrons. The molecule has 0 saturated heterocycles. The van der Waals surface area contributed by atoms with Gasteiger partial charge in [0, 0.05) is 17.8 Å². The van der Waals surface area contributed by atoms with Crippen LogP contribution in [0, 0.1) is 0 Å². The minimum atomic E-state index is -4.99. The second-order valence-electron chi connectivity index (χ2n) is 4.90. The summed E-state index contributed by atoms with van der Waals surface area (Å²) in [5, 5.41) is 3.24. The van der Waals surface area contributed by atoms with E-state index in [4.69, 9.17) is 0 Å². The van der Waals surface area contributed by atoms with Crippen molar-refractivity contribution in [3.63, 3.8) is 0 Å². The van der Waals surface area contributed by atoms with Crippen molar-refractivity contribution < 1.29 is 31.1 Å². The first-order valence-electron chi connectivity index (χ1n) is 6.82. The van der Waals surface area contributed by atoms with Gasteiger partial charge in [-0.1, -0.05) is 18.2 Å². The van der Waals surface area contributed by atoms with Crippen LogP contribution in [0.1, 0.15) is 0 Å². The van der Waals surface area contributed by atoms with Crippen LogP contribution < -0.4 is 5.32 Å². The molecule has 1 heterocycles. The van der Waals surface area contributed by atoms with Crippen LogP contribution in [0.25, 0.3) is 10.9 Å². The predicted octanol–water partition coefficient (Wildman–Crippen LogP) is 2.64. The third-order valence-electron chi connectivity index (χ3n) is 3.07. The number of sulfone groups is 1. The lowest BCUT2D eigenvalue weighted by molar-refractivity contribution is -0.135. The van der Waals surface area contributed by atoms with Gasteiger partial charge in [-0.05, 0) is 12.1 Å². The van der Waals surface area contributed by atoms with E-state index in [-0.39, 0.29) is 0 Å². The number of hydrogen-bond acceptors (Lipinski definition) is 6. The maximum atomic E-state index is 12.5. The lowest BCUT2D eigenvalue weighted by Crippen LogP contribution is -2.27. The number of fused-ring (bicyclic) bond motifs is 1. The Kier molecular flexibility index (Phi) is 5.31. The van der Waals surface area contributed by atoms with E-state index < -0.39 is 32.6 Å². The lowest BCUT2D eigenvalue weighted by atomic mass is 10.2. The first kappa shape index (κ1) is 18.7. The molecule has 0 aliphatic carbocycles. The third kappa shape index (κ3) is 4.69. The molecule has 1 N–H and O–H groups in total. The molecule has 0 fully saturated rings. The minimum absolute atomic E-state index is 0.321. The van der Waals surface area contributed by atoms with Crippen molar-refractivity contribution in [2.45, 2.75) is 6.18 Å². The molecular formula is C15H13F3N2O4S. The first-order valence-corrected chi connectivity index (χ1v) is 8.47. The fraction of sp³-hybridized carbons (Fsp3) is 0.200. The van der Waals surface area contributed by atoms with Crippen molar-refractivity contribution in [2.24, 2.45) is 0 Å². The Balaban J connectivity index is 2.43. The number of carbonyl (C=O) groups is 1. The highest BCUT2D eigenvalue weighted by atomic mass is 32.2. The number of rotatable bonds is 5. The molecule has 6 nitrogen and oxygen atoms in total. The van der Waals surface area contributed by atoms with Crippen molar-refractivity contribution in [1.82, 2.24) is 4.98 Å². The molecule has 0 saturated carbocycles. The smallest absolute Gasteiger partial charge is 0.403 e. The second-order valence-corrected chi connectivity index (χ2v) is 6.86. The summed E-state index contributed by atoms with van der Waals surface area (Å²) in [4.78, 5) is 14.6. The van der Waals surface area contributed by atoms with E-state index in [0.29, 0.717) is 17.4 Å². The molecular weight excluding hydrogens is 361 g/mol. The summed E-state index contributed by atoms with van der Waals surface area (Å²) in [6, 6.07) is 8.37. The highest BCUT2D eigenvalue weighted by molar-refractivity contribution is 7.96. The van der Waals surface area contributed by atoms with Gasteiger partial charge < -0.3 is 10.1 Å². The van der Waals surface area contributed by atoms with Gasteiger partial charge in [0.1, 0.15) is 0 Å². The van der Waals surface area contributed by atoms with Crippen LogP contribution in [0.5, 0.6) is 0 Å².